The van der Waals surface area contributed by atoms with Gasteiger partial charge < -0.3 is 14.9 Å². The smallest absolute Gasteiger partial charge is 0.241 e. The highest BCUT2D eigenvalue weighted by Crippen LogP contribution is 2.19. The lowest BCUT2D eigenvalue weighted by Gasteiger charge is -2.16. The van der Waals surface area contributed by atoms with Gasteiger partial charge in [-0.25, -0.2) is 0 Å². The largest absolute Gasteiger partial charge is 0.508 e. The van der Waals surface area contributed by atoms with E-state index in [0.29, 0.717) is 18.3 Å². The summed E-state index contributed by atoms with van der Waals surface area (Å²) < 4.78 is 5.31. The Hall–Kier alpha value is -1.92. The number of aromatic hydroxyl groups is 1. The first kappa shape index (κ1) is 13.1. The molecule has 0 saturated carbocycles. The van der Waals surface area contributed by atoms with Crippen molar-refractivity contribution in [3.8, 4) is 17.1 Å². The molecule has 6 heteroatoms. The number of phenolic OH excluding ortho intramolecular Hbond substituents is 1. The van der Waals surface area contributed by atoms with Crippen molar-refractivity contribution < 1.29 is 9.63 Å². The molecule has 1 aliphatic rings. The van der Waals surface area contributed by atoms with Gasteiger partial charge in [0.25, 0.3) is 0 Å². The predicted octanol–water partition coefficient (Wildman–Crippen LogP) is 1.24. The second kappa shape index (κ2) is 6.02. The molecular weight excluding hydrogens is 256 g/mol. The van der Waals surface area contributed by atoms with Gasteiger partial charge in [-0.2, -0.15) is 4.98 Å². The number of hydrogen-bond acceptors (Lipinski definition) is 6. The van der Waals surface area contributed by atoms with Gasteiger partial charge in [0.1, 0.15) is 5.75 Å². The van der Waals surface area contributed by atoms with E-state index >= 15 is 0 Å². The second-order valence-electron chi connectivity index (χ2n) is 4.94. The summed E-state index contributed by atoms with van der Waals surface area (Å²) in [4.78, 5) is 6.73. The van der Waals surface area contributed by atoms with Crippen LogP contribution in [0.5, 0.6) is 5.75 Å². The number of hydrogen-bond donors (Lipinski definition) is 2. The molecule has 0 bridgehead atoms. The van der Waals surface area contributed by atoms with Crippen molar-refractivity contribution in [1.29, 1.82) is 0 Å². The van der Waals surface area contributed by atoms with E-state index in [0.717, 1.165) is 38.2 Å². The highest BCUT2D eigenvalue weighted by molar-refractivity contribution is 5.55. The maximum absolute atomic E-state index is 9.27. The average molecular weight is 274 g/mol. The molecule has 0 aliphatic carbocycles. The van der Waals surface area contributed by atoms with Crippen molar-refractivity contribution in [1.82, 2.24) is 20.4 Å². The van der Waals surface area contributed by atoms with Gasteiger partial charge >= 0.3 is 0 Å². The van der Waals surface area contributed by atoms with Crippen LogP contribution in [-0.4, -0.2) is 46.3 Å². The van der Waals surface area contributed by atoms with Gasteiger partial charge in [-0.05, 0) is 43.8 Å². The molecule has 3 rings (SSSR count). The lowest BCUT2D eigenvalue weighted by Crippen LogP contribution is -2.27. The van der Waals surface area contributed by atoms with E-state index in [1.165, 1.54) is 0 Å². The average Bonchev–Trinajstić information content (AvgIpc) is 2.76. The summed E-state index contributed by atoms with van der Waals surface area (Å²) in [6.07, 6.45) is 1.14. The minimum atomic E-state index is 0.231. The molecule has 1 saturated heterocycles. The summed E-state index contributed by atoms with van der Waals surface area (Å²) in [5, 5.41) is 16.6. The van der Waals surface area contributed by atoms with Crippen LogP contribution in [0.15, 0.2) is 28.8 Å². The molecule has 6 nitrogen and oxygen atoms in total. The topological polar surface area (TPSA) is 74.4 Å². The van der Waals surface area contributed by atoms with E-state index in [1.54, 1.807) is 24.3 Å². The van der Waals surface area contributed by atoms with Crippen LogP contribution in [0.4, 0.5) is 0 Å². The molecule has 20 heavy (non-hydrogen) atoms. The third-order valence-corrected chi connectivity index (χ3v) is 3.39. The fourth-order valence-corrected chi connectivity index (χ4v) is 2.30. The van der Waals surface area contributed by atoms with Crippen molar-refractivity contribution in [2.45, 2.75) is 13.0 Å². The normalized spacial score (nSPS) is 17.0. The van der Waals surface area contributed by atoms with Gasteiger partial charge in [-0.15, -0.1) is 0 Å². The van der Waals surface area contributed by atoms with E-state index in [9.17, 15) is 5.11 Å². The number of benzene rings is 1. The molecule has 0 amide bonds. The van der Waals surface area contributed by atoms with E-state index in [4.69, 9.17) is 4.52 Å². The first-order valence-corrected chi connectivity index (χ1v) is 6.86. The molecule has 2 N–H and O–H groups in total. The molecule has 106 valence electrons. The maximum atomic E-state index is 9.27. The fraction of sp³-hybridized carbons (Fsp3) is 0.429. The SMILES string of the molecule is Oc1ccc(-c2noc(CN3CCCNCC3)n2)cc1. The van der Waals surface area contributed by atoms with Crippen molar-refractivity contribution in [2.75, 3.05) is 26.2 Å². The van der Waals surface area contributed by atoms with Gasteiger partial charge in [-0.3, -0.25) is 4.90 Å². The lowest BCUT2D eigenvalue weighted by atomic mass is 10.2. The van der Waals surface area contributed by atoms with Crippen LogP contribution in [0.3, 0.4) is 0 Å². The summed E-state index contributed by atoms with van der Waals surface area (Å²) in [5.74, 6) is 1.43. The highest BCUT2D eigenvalue weighted by atomic mass is 16.5. The molecular formula is C14H18N4O2. The van der Waals surface area contributed by atoms with Crippen LogP contribution >= 0.6 is 0 Å². The maximum Gasteiger partial charge on any atom is 0.241 e. The molecule has 0 unspecified atom stereocenters. The van der Waals surface area contributed by atoms with Crippen molar-refractivity contribution in [3.05, 3.63) is 30.2 Å². The van der Waals surface area contributed by atoms with E-state index in [1.807, 2.05) is 0 Å². The Kier molecular flexibility index (Phi) is 3.94. The molecule has 0 atom stereocenters. The van der Waals surface area contributed by atoms with E-state index < -0.39 is 0 Å². The summed E-state index contributed by atoms with van der Waals surface area (Å²) in [6.45, 7) is 4.80. The van der Waals surface area contributed by atoms with Crippen LogP contribution in [-0.2, 0) is 6.54 Å². The molecule has 1 aromatic carbocycles. The number of nitrogens with one attached hydrogen (secondary N) is 1. The molecule has 0 radical (unpaired) electrons. The zero-order chi connectivity index (χ0) is 13.8. The second-order valence-corrected chi connectivity index (χ2v) is 4.94. The zero-order valence-corrected chi connectivity index (χ0v) is 11.2. The minimum Gasteiger partial charge on any atom is -0.508 e. The first-order valence-electron chi connectivity index (χ1n) is 6.86. The number of rotatable bonds is 3. The summed E-state index contributed by atoms with van der Waals surface area (Å²) in [6, 6.07) is 6.79. The minimum absolute atomic E-state index is 0.231. The standard InChI is InChI=1S/C14H18N4O2/c19-12-4-2-11(3-5-12)14-16-13(20-17-14)10-18-8-1-6-15-7-9-18/h2-5,15,19H,1,6-10H2. The van der Waals surface area contributed by atoms with Crippen molar-refractivity contribution in [3.63, 3.8) is 0 Å². The highest BCUT2D eigenvalue weighted by Gasteiger charge is 2.14. The van der Waals surface area contributed by atoms with Crippen LogP contribution in [0.25, 0.3) is 11.4 Å². The summed E-state index contributed by atoms with van der Waals surface area (Å²) in [5.41, 5.74) is 0.843. The number of nitrogens with zero attached hydrogens (tertiary/aromatic N) is 3. The fourth-order valence-electron chi connectivity index (χ4n) is 2.30. The van der Waals surface area contributed by atoms with Crippen LogP contribution in [0.1, 0.15) is 12.3 Å². The Balaban J connectivity index is 1.68. The molecule has 1 aliphatic heterocycles. The zero-order valence-electron chi connectivity index (χ0n) is 11.2. The summed E-state index contributed by atoms with van der Waals surface area (Å²) in [7, 11) is 0. The van der Waals surface area contributed by atoms with Crippen LogP contribution in [0, 0.1) is 0 Å². The van der Waals surface area contributed by atoms with Crippen LogP contribution < -0.4 is 5.32 Å². The molecule has 1 fully saturated rings. The van der Waals surface area contributed by atoms with Gasteiger partial charge in [-0.1, -0.05) is 5.16 Å². The van der Waals surface area contributed by atoms with Gasteiger partial charge in [0.2, 0.25) is 11.7 Å². The lowest BCUT2D eigenvalue weighted by molar-refractivity contribution is 0.239. The predicted molar refractivity (Wildman–Crippen MR) is 74.2 cm³/mol. The molecule has 2 heterocycles. The Labute approximate surface area is 117 Å². The van der Waals surface area contributed by atoms with E-state index in [-0.39, 0.29) is 5.75 Å². The Bertz CT molecular complexity index is 545. The Morgan fingerprint density at radius 3 is 2.90 bits per heavy atom. The third kappa shape index (κ3) is 3.15. The van der Waals surface area contributed by atoms with Crippen molar-refractivity contribution >= 4 is 0 Å². The van der Waals surface area contributed by atoms with Gasteiger partial charge in [0, 0.05) is 18.7 Å². The Morgan fingerprint density at radius 1 is 1.20 bits per heavy atom. The monoisotopic (exact) mass is 274 g/mol. The quantitative estimate of drug-likeness (QED) is 0.877. The number of phenols is 1. The molecule has 0 spiro atoms. The summed E-state index contributed by atoms with van der Waals surface area (Å²) >= 11 is 0. The van der Waals surface area contributed by atoms with Crippen molar-refractivity contribution in [2.24, 2.45) is 0 Å². The van der Waals surface area contributed by atoms with E-state index in [2.05, 4.69) is 20.4 Å². The first-order chi connectivity index (χ1) is 9.81. The Morgan fingerprint density at radius 2 is 2.05 bits per heavy atom. The third-order valence-electron chi connectivity index (χ3n) is 3.39. The number of aromatic nitrogens is 2. The van der Waals surface area contributed by atoms with Crippen LogP contribution in [0.2, 0.25) is 0 Å². The van der Waals surface area contributed by atoms with Gasteiger partial charge in [0.05, 0.1) is 6.54 Å². The van der Waals surface area contributed by atoms with Gasteiger partial charge in [0.15, 0.2) is 0 Å². The molecule has 1 aromatic heterocycles. The molecule has 2 aromatic rings.